The van der Waals surface area contributed by atoms with Gasteiger partial charge in [-0.25, -0.2) is 0 Å². The van der Waals surface area contributed by atoms with Crippen molar-refractivity contribution in [1.82, 2.24) is 0 Å². The second-order valence-electron chi connectivity index (χ2n) is 1.91. The van der Waals surface area contributed by atoms with Crippen molar-refractivity contribution >= 4 is 17.7 Å². The Morgan fingerprint density at radius 1 is 1.73 bits per heavy atom. The average molecular weight is 185 g/mol. The normalized spacial score (nSPS) is 11.8. The molecule has 60 valence electrons. The monoisotopic (exact) mass is 185 g/mol. The van der Waals surface area contributed by atoms with Gasteiger partial charge in [0.1, 0.15) is 0 Å². The molecule has 1 atom stereocenters. The minimum Gasteiger partial charge on any atom is -0.548 e. The van der Waals surface area contributed by atoms with Gasteiger partial charge in [-0.3, -0.25) is 0 Å². The van der Waals surface area contributed by atoms with Gasteiger partial charge in [0.15, 0.2) is 0 Å². The van der Waals surface area contributed by atoms with Crippen molar-refractivity contribution in [2.24, 2.45) is 5.73 Å². The third kappa shape index (κ3) is 8.69. The van der Waals surface area contributed by atoms with E-state index < -0.39 is 12.0 Å². The molecule has 0 saturated heterocycles. The molecule has 0 heterocycles. The summed E-state index contributed by atoms with van der Waals surface area (Å²) in [5.41, 5.74) is 5.18. The molecule has 0 aromatic rings. The van der Waals surface area contributed by atoms with E-state index in [4.69, 9.17) is 5.73 Å². The number of carboxylic acids is 1. The first-order chi connectivity index (χ1) is 4.68. The molecular formula is C6H12NNaO2S. The number of aliphatic carboxylic acids is 1. The van der Waals surface area contributed by atoms with Crippen molar-refractivity contribution in [2.45, 2.75) is 19.4 Å². The SMILES string of the molecule is CCSCC[C@H](N)C(=O)[O-].[Na+]. The molecule has 0 aliphatic heterocycles. The summed E-state index contributed by atoms with van der Waals surface area (Å²) in [6.45, 7) is 2.02. The molecule has 0 bridgehead atoms. The van der Waals surface area contributed by atoms with E-state index in [0.29, 0.717) is 6.42 Å². The minimum absolute atomic E-state index is 0. The Kier molecular flexibility index (Phi) is 11.5. The van der Waals surface area contributed by atoms with E-state index in [9.17, 15) is 9.90 Å². The third-order valence-corrected chi connectivity index (χ3v) is 2.01. The summed E-state index contributed by atoms with van der Waals surface area (Å²) < 4.78 is 0. The van der Waals surface area contributed by atoms with Gasteiger partial charge in [0.05, 0.1) is 5.97 Å². The summed E-state index contributed by atoms with van der Waals surface area (Å²) in [4.78, 5) is 10.0. The molecule has 0 aliphatic rings. The summed E-state index contributed by atoms with van der Waals surface area (Å²) in [6, 6.07) is -0.793. The van der Waals surface area contributed by atoms with Crippen molar-refractivity contribution in [1.29, 1.82) is 0 Å². The van der Waals surface area contributed by atoms with Crippen LogP contribution in [0.5, 0.6) is 0 Å². The molecule has 2 N–H and O–H groups in total. The van der Waals surface area contributed by atoms with Gasteiger partial charge in [-0.2, -0.15) is 11.8 Å². The molecular weight excluding hydrogens is 173 g/mol. The molecule has 0 aliphatic carbocycles. The molecule has 11 heavy (non-hydrogen) atoms. The van der Waals surface area contributed by atoms with Gasteiger partial charge in [-0.15, -0.1) is 0 Å². The van der Waals surface area contributed by atoms with E-state index in [1.807, 2.05) is 6.92 Å². The fourth-order valence-corrected chi connectivity index (χ4v) is 1.18. The Hall–Kier alpha value is 0.780. The van der Waals surface area contributed by atoms with Crippen LogP contribution < -0.4 is 40.4 Å². The predicted octanol–water partition coefficient (Wildman–Crippen LogP) is -3.79. The summed E-state index contributed by atoms with van der Waals surface area (Å²) in [5, 5.41) is 10.0. The zero-order valence-electron chi connectivity index (χ0n) is 7.00. The van der Waals surface area contributed by atoms with Gasteiger partial charge in [-0.05, 0) is 17.9 Å². The molecule has 0 amide bonds. The molecule has 0 spiro atoms. The molecule has 0 aromatic carbocycles. The smallest absolute Gasteiger partial charge is 0.548 e. The standard InChI is InChI=1S/C6H13NO2S.Na/c1-2-10-4-3-5(7)6(8)9;/h5H,2-4,7H2,1H3,(H,8,9);/q;+1/p-1/t5-;/m0./s1. The van der Waals surface area contributed by atoms with Crippen LogP contribution in [0.2, 0.25) is 0 Å². The number of rotatable bonds is 5. The van der Waals surface area contributed by atoms with Crippen molar-refractivity contribution < 1.29 is 39.5 Å². The Morgan fingerprint density at radius 2 is 2.27 bits per heavy atom. The summed E-state index contributed by atoms with van der Waals surface area (Å²) in [7, 11) is 0. The van der Waals surface area contributed by atoms with E-state index in [1.54, 1.807) is 11.8 Å². The van der Waals surface area contributed by atoms with Crippen LogP contribution in [-0.4, -0.2) is 23.5 Å². The average Bonchev–Trinajstić information content (AvgIpc) is 1.88. The number of hydrogen-bond donors (Lipinski definition) is 1. The van der Waals surface area contributed by atoms with Crippen molar-refractivity contribution in [2.75, 3.05) is 11.5 Å². The molecule has 3 nitrogen and oxygen atoms in total. The van der Waals surface area contributed by atoms with E-state index in [1.165, 1.54) is 0 Å². The molecule has 0 saturated carbocycles. The number of carbonyl (C=O) groups excluding carboxylic acids is 1. The molecule has 0 fully saturated rings. The Bertz CT molecular complexity index is 113. The molecule has 0 aromatic heterocycles. The van der Waals surface area contributed by atoms with Crippen LogP contribution in [0.1, 0.15) is 13.3 Å². The maximum atomic E-state index is 10.0. The Morgan fingerprint density at radius 3 is 2.64 bits per heavy atom. The van der Waals surface area contributed by atoms with Crippen molar-refractivity contribution in [3.63, 3.8) is 0 Å². The van der Waals surface area contributed by atoms with E-state index in [2.05, 4.69) is 0 Å². The number of carboxylic acid groups (broad SMARTS) is 1. The number of hydrogen-bond acceptors (Lipinski definition) is 4. The van der Waals surface area contributed by atoms with E-state index in [-0.39, 0.29) is 29.6 Å². The zero-order valence-corrected chi connectivity index (χ0v) is 9.82. The van der Waals surface area contributed by atoms with Gasteiger partial charge in [-0.1, -0.05) is 6.92 Å². The van der Waals surface area contributed by atoms with E-state index >= 15 is 0 Å². The van der Waals surface area contributed by atoms with Gasteiger partial charge in [0.25, 0.3) is 0 Å². The largest absolute Gasteiger partial charge is 1.00 e. The zero-order chi connectivity index (χ0) is 7.98. The summed E-state index contributed by atoms with van der Waals surface area (Å²) in [6.07, 6.45) is 0.501. The topological polar surface area (TPSA) is 66.2 Å². The van der Waals surface area contributed by atoms with Gasteiger partial charge >= 0.3 is 29.6 Å². The fraction of sp³-hybridized carbons (Fsp3) is 0.833. The maximum absolute atomic E-state index is 10.0. The molecule has 5 heteroatoms. The van der Waals surface area contributed by atoms with Crippen LogP contribution in [0.4, 0.5) is 0 Å². The predicted molar refractivity (Wildman–Crippen MR) is 40.6 cm³/mol. The Labute approximate surface area is 93.4 Å². The summed E-state index contributed by atoms with van der Waals surface area (Å²) >= 11 is 1.68. The van der Waals surface area contributed by atoms with Gasteiger partial charge in [0, 0.05) is 6.04 Å². The first-order valence-corrected chi connectivity index (χ1v) is 4.38. The van der Waals surface area contributed by atoms with Crippen LogP contribution in [0, 0.1) is 0 Å². The third-order valence-electron chi connectivity index (χ3n) is 1.08. The fourth-order valence-electron chi connectivity index (χ4n) is 0.472. The first kappa shape index (κ1) is 14.3. The second-order valence-corrected chi connectivity index (χ2v) is 3.30. The molecule has 0 rings (SSSR count). The molecule has 0 unspecified atom stereocenters. The van der Waals surface area contributed by atoms with Crippen molar-refractivity contribution in [3.8, 4) is 0 Å². The molecule has 0 radical (unpaired) electrons. The summed E-state index contributed by atoms with van der Waals surface area (Å²) in [5.74, 6) is 0.641. The van der Waals surface area contributed by atoms with Gasteiger partial charge < -0.3 is 15.6 Å². The first-order valence-electron chi connectivity index (χ1n) is 3.22. The van der Waals surface area contributed by atoms with Crippen LogP contribution in [0.3, 0.4) is 0 Å². The van der Waals surface area contributed by atoms with Crippen LogP contribution in [0.25, 0.3) is 0 Å². The van der Waals surface area contributed by atoms with Crippen molar-refractivity contribution in [3.05, 3.63) is 0 Å². The van der Waals surface area contributed by atoms with Crippen LogP contribution in [-0.2, 0) is 4.79 Å². The minimum atomic E-state index is -1.16. The number of thioether (sulfide) groups is 1. The van der Waals surface area contributed by atoms with Crippen LogP contribution in [0.15, 0.2) is 0 Å². The van der Waals surface area contributed by atoms with Gasteiger partial charge in [0.2, 0.25) is 0 Å². The maximum Gasteiger partial charge on any atom is 1.00 e. The second kappa shape index (κ2) is 8.87. The Balaban J connectivity index is 0. The quantitative estimate of drug-likeness (QED) is 0.352. The number of nitrogens with two attached hydrogens (primary N) is 1. The van der Waals surface area contributed by atoms with E-state index in [0.717, 1.165) is 11.5 Å². The van der Waals surface area contributed by atoms with Crippen LogP contribution >= 0.6 is 11.8 Å². The number of carbonyl (C=O) groups is 1.